The van der Waals surface area contributed by atoms with Crippen LogP contribution in [0.2, 0.25) is 0 Å². The molecule has 5 heteroatoms. The van der Waals surface area contributed by atoms with Crippen molar-refractivity contribution in [2.75, 3.05) is 25.0 Å². The monoisotopic (exact) mass is 384 g/mol. The van der Waals surface area contributed by atoms with Crippen LogP contribution in [0, 0.1) is 23.2 Å². The quantitative estimate of drug-likeness (QED) is 0.752. The SMILES string of the molecule is CCCCN1CCc2c(ncnc2NCC(O)C23CC4CC(CC(C4)C2)C3)C1. The number of anilines is 1. The van der Waals surface area contributed by atoms with Gasteiger partial charge in [-0.3, -0.25) is 4.90 Å². The minimum Gasteiger partial charge on any atom is -0.391 e. The van der Waals surface area contributed by atoms with Crippen LogP contribution in [0.25, 0.3) is 0 Å². The molecule has 6 rings (SSSR count). The Morgan fingerprint density at radius 3 is 2.57 bits per heavy atom. The molecule has 0 aromatic carbocycles. The highest BCUT2D eigenvalue weighted by molar-refractivity contribution is 5.47. The Kier molecular flexibility index (Phi) is 5.08. The summed E-state index contributed by atoms with van der Waals surface area (Å²) < 4.78 is 0. The molecule has 0 radical (unpaired) electrons. The van der Waals surface area contributed by atoms with Gasteiger partial charge in [-0.05, 0) is 81.1 Å². The van der Waals surface area contributed by atoms with Crippen molar-refractivity contribution in [2.45, 2.75) is 77.4 Å². The molecular weight excluding hydrogens is 348 g/mol. The Balaban J connectivity index is 1.24. The molecule has 5 nitrogen and oxygen atoms in total. The van der Waals surface area contributed by atoms with Gasteiger partial charge in [0.05, 0.1) is 11.8 Å². The summed E-state index contributed by atoms with van der Waals surface area (Å²) in [6.07, 6.45) is 13.0. The topological polar surface area (TPSA) is 61.3 Å². The van der Waals surface area contributed by atoms with Crippen molar-refractivity contribution in [1.29, 1.82) is 0 Å². The van der Waals surface area contributed by atoms with Crippen molar-refractivity contribution in [3.8, 4) is 0 Å². The van der Waals surface area contributed by atoms with Crippen molar-refractivity contribution in [1.82, 2.24) is 14.9 Å². The molecule has 4 fully saturated rings. The Bertz CT molecular complexity index is 671. The first kappa shape index (κ1) is 18.8. The van der Waals surface area contributed by atoms with E-state index in [1.54, 1.807) is 6.33 Å². The third-order valence-corrected chi connectivity index (χ3v) is 8.17. The standard InChI is InChI=1S/C23H36N4O/c1-2-3-5-27-6-4-19-20(14-27)25-15-26-22(19)24-13-21(28)23-10-16-7-17(11-23)9-18(8-16)12-23/h15-18,21,28H,2-14H2,1H3,(H,24,25,26). The Morgan fingerprint density at radius 1 is 1.18 bits per heavy atom. The molecular formula is C23H36N4O. The highest BCUT2D eigenvalue weighted by Crippen LogP contribution is 2.61. The van der Waals surface area contributed by atoms with Gasteiger partial charge >= 0.3 is 0 Å². The van der Waals surface area contributed by atoms with Gasteiger partial charge in [0.15, 0.2) is 0 Å². The third kappa shape index (κ3) is 3.45. The molecule has 4 aliphatic carbocycles. The molecule has 0 saturated heterocycles. The molecule has 28 heavy (non-hydrogen) atoms. The van der Waals surface area contributed by atoms with Gasteiger partial charge in [0, 0.05) is 25.2 Å². The lowest BCUT2D eigenvalue weighted by molar-refractivity contribution is -0.115. The number of unbranched alkanes of at least 4 members (excludes halogenated alkanes) is 1. The summed E-state index contributed by atoms with van der Waals surface area (Å²) in [6, 6.07) is 0. The highest BCUT2D eigenvalue weighted by Gasteiger charge is 2.53. The number of hydrogen-bond donors (Lipinski definition) is 2. The van der Waals surface area contributed by atoms with Crippen molar-refractivity contribution >= 4 is 5.82 Å². The minimum atomic E-state index is -0.254. The van der Waals surface area contributed by atoms with Gasteiger partial charge in [-0.15, -0.1) is 0 Å². The molecule has 154 valence electrons. The van der Waals surface area contributed by atoms with Gasteiger partial charge in [-0.1, -0.05) is 13.3 Å². The molecule has 0 spiro atoms. The van der Waals surface area contributed by atoms with E-state index < -0.39 is 0 Å². The van der Waals surface area contributed by atoms with E-state index in [0.29, 0.717) is 6.54 Å². The van der Waals surface area contributed by atoms with E-state index in [-0.39, 0.29) is 11.5 Å². The van der Waals surface area contributed by atoms with Gasteiger partial charge < -0.3 is 10.4 Å². The second-order valence-electron chi connectivity index (χ2n) is 10.2. The van der Waals surface area contributed by atoms with E-state index in [4.69, 9.17) is 0 Å². The van der Waals surface area contributed by atoms with Crippen LogP contribution in [0.3, 0.4) is 0 Å². The summed E-state index contributed by atoms with van der Waals surface area (Å²) in [5, 5.41) is 14.7. The summed E-state index contributed by atoms with van der Waals surface area (Å²) in [5.41, 5.74) is 2.61. The van der Waals surface area contributed by atoms with E-state index in [0.717, 1.165) is 49.6 Å². The maximum Gasteiger partial charge on any atom is 0.133 e. The van der Waals surface area contributed by atoms with Crippen LogP contribution < -0.4 is 5.32 Å². The number of hydrogen-bond acceptors (Lipinski definition) is 5. The lowest BCUT2D eigenvalue weighted by Gasteiger charge is -2.58. The van der Waals surface area contributed by atoms with Crippen LogP contribution in [0.1, 0.15) is 69.5 Å². The van der Waals surface area contributed by atoms with Gasteiger partial charge in [-0.2, -0.15) is 0 Å². The van der Waals surface area contributed by atoms with Crippen LogP contribution in [0.5, 0.6) is 0 Å². The average Bonchev–Trinajstić information content (AvgIpc) is 2.69. The zero-order chi connectivity index (χ0) is 19.1. The van der Waals surface area contributed by atoms with E-state index in [9.17, 15) is 5.11 Å². The maximum absolute atomic E-state index is 11.2. The fourth-order valence-corrected chi connectivity index (χ4v) is 7.13. The molecule has 4 saturated carbocycles. The van der Waals surface area contributed by atoms with Crippen LogP contribution in [-0.4, -0.2) is 45.7 Å². The fraction of sp³-hybridized carbons (Fsp3) is 0.826. The zero-order valence-corrected chi connectivity index (χ0v) is 17.4. The summed E-state index contributed by atoms with van der Waals surface area (Å²) >= 11 is 0. The highest BCUT2D eigenvalue weighted by atomic mass is 16.3. The van der Waals surface area contributed by atoms with Crippen molar-refractivity contribution < 1.29 is 5.11 Å². The Hall–Kier alpha value is -1.20. The number of fused-ring (bicyclic) bond motifs is 1. The number of nitrogens with one attached hydrogen (secondary N) is 1. The molecule has 1 aliphatic heterocycles. The molecule has 1 atom stereocenters. The van der Waals surface area contributed by atoms with Crippen LogP contribution in [0.4, 0.5) is 5.82 Å². The number of nitrogens with zero attached hydrogens (tertiary/aromatic N) is 3. The lowest BCUT2D eigenvalue weighted by atomic mass is 9.48. The van der Waals surface area contributed by atoms with Crippen molar-refractivity contribution in [2.24, 2.45) is 23.2 Å². The van der Waals surface area contributed by atoms with Gasteiger partial charge in [0.25, 0.3) is 0 Å². The summed E-state index contributed by atoms with van der Waals surface area (Å²) in [7, 11) is 0. The van der Waals surface area contributed by atoms with E-state index in [2.05, 4.69) is 27.1 Å². The lowest BCUT2D eigenvalue weighted by Crippen LogP contribution is -2.53. The Morgan fingerprint density at radius 2 is 1.89 bits per heavy atom. The number of aromatic nitrogens is 2. The molecule has 1 aromatic rings. The molecule has 4 bridgehead atoms. The number of aliphatic hydroxyl groups is 1. The first-order chi connectivity index (χ1) is 13.6. The third-order valence-electron chi connectivity index (χ3n) is 8.17. The maximum atomic E-state index is 11.2. The van der Waals surface area contributed by atoms with E-state index in [1.807, 2.05) is 0 Å². The number of aliphatic hydroxyl groups excluding tert-OH is 1. The Labute approximate surface area is 169 Å². The molecule has 2 N–H and O–H groups in total. The largest absolute Gasteiger partial charge is 0.391 e. The molecule has 1 aromatic heterocycles. The molecule has 2 heterocycles. The van der Waals surface area contributed by atoms with E-state index in [1.165, 1.54) is 62.6 Å². The van der Waals surface area contributed by atoms with Crippen molar-refractivity contribution in [3.63, 3.8) is 0 Å². The predicted octanol–water partition coefficient (Wildman–Crippen LogP) is 3.62. The molecule has 5 aliphatic rings. The summed E-state index contributed by atoms with van der Waals surface area (Å²) in [5.74, 6) is 3.59. The van der Waals surface area contributed by atoms with E-state index >= 15 is 0 Å². The van der Waals surface area contributed by atoms with Gasteiger partial charge in [-0.25, -0.2) is 9.97 Å². The second-order valence-corrected chi connectivity index (χ2v) is 10.2. The van der Waals surface area contributed by atoms with Gasteiger partial charge in [0.1, 0.15) is 12.1 Å². The zero-order valence-electron chi connectivity index (χ0n) is 17.4. The minimum absolute atomic E-state index is 0.172. The number of rotatable bonds is 7. The molecule has 1 unspecified atom stereocenters. The van der Waals surface area contributed by atoms with Crippen LogP contribution in [0.15, 0.2) is 6.33 Å². The second kappa shape index (κ2) is 7.56. The average molecular weight is 385 g/mol. The smallest absolute Gasteiger partial charge is 0.133 e. The van der Waals surface area contributed by atoms with Crippen LogP contribution >= 0.6 is 0 Å². The van der Waals surface area contributed by atoms with Crippen LogP contribution in [-0.2, 0) is 13.0 Å². The summed E-state index contributed by atoms with van der Waals surface area (Å²) in [6.45, 7) is 6.07. The van der Waals surface area contributed by atoms with Crippen molar-refractivity contribution in [3.05, 3.63) is 17.6 Å². The van der Waals surface area contributed by atoms with Gasteiger partial charge in [0.2, 0.25) is 0 Å². The normalized spacial score (nSPS) is 35.0. The first-order valence-electron chi connectivity index (χ1n) is 11.6. The first-order valence-corrected chi connectivity index (χ1v) is 11.6. The molecule has 0 amide bonds. The summed E-state index contributed by atoms with van der Waals surface area (Å²) in [4.78, 5) is 11.6. The fourth-order valence-electron chi connectivity index (χ4n) is 7.13. The predicted molar refractivity (Wildman–Crippen MR) is 111 cm³/mol.